The lowest BCUT2D eigenvalue weighted by molar-refractivity contribution is 0.0453. The molecule has 3 heteroatoms. The quantitative estimate of drug-likeness (QED) is 0.752. The van der Waals surface area contributed by atoms with Crippen LogP contribution in [0, 0.1) is 0 Å². The largest absolute Gasteiger partial charge is 0.379 e. The Hall–Kier alpha value is -0.800. The number of Topliss-reactive ketones (excluding diaryl/α,β-unsaturated/α-hetero) is 1. The van der Waals surface area contributed by atoms with E-state index in [2.05, 4.69) is 6.92 Å². The molecule has 2 nitrogen and oxygen atoms in total. The summed E-state index contributed by atoms with van der Waals surface area (Å²) in [5.41, 5.74) is 2.09. The lowest BCUT2D eigenvalue weighted by Gasteiger charge is -2.27. The van der Waals surface area contributed by atoms with Gasteiger partial charge in [0, 0.05) is 5.56 Å². The average Bonchev–Trinajstić information content (AvgIpc) is 2.32. The molecule has 0 aromatic heterocycles. The molecule has 0 bridgehead atoms. The van der Waals surface area contributed by atoms with Crippen LogP contribution >= 0.6 is 11.8 Å². The number of hydrogen-bond acceptors (Lipinski definition) is 3. The molecule has 1 aromatic carbocycles. The summed E-state index contributed by atoms with van der Waals surface area (Å²) in [4.78, 5) is 12.2. The van der Waals surface area contributed by atoms with Gasteiger partial charge in [0.2, 0.25) is 0 Å². The number of rotatable bonds is 5. The Morgan fingerprint density at radius 2 is 2.06 bits per heavy atom. The van der Waals surface area contributed by atoms with Crippen LogP contribution in [0.5, 0.6) is 0 Å². The predicted molar refractivity (Wildman–Crippen MR) is 71.8 cm³/mol. The van der Waals surface area contributed by atoms with Crippen LogP contribution in [0.1, 0.15) is 29.8 Å². The third kappa shape index (κ3) is 3.11. The molecule has 0 saturated carbocycles. The van der Waals surface area contributed by atoms with Crippen LogP contribution in [0.15, 0.2) is 24.3 Å². The van der Waals surface area contributed by atoms with E-state index >= 15 is 0 Å². The van der Waals surface area contributed by atoms with Crippen molar-refractivity contribution in [1.82, 2.24) is 0 Å². The summed E-state index contributed by atoms with van der Waals surface area (Å²) in [6.07, 6.45) is 1.01. The van der Waals surface area contributed by atoms with E-state index in [1.807, 2.05) is 31.2 Å². The number of carbonyl (C=O) groups excluding carboxylic acids is 1. The average molecular weight is 250 g/mol. The van der Waals surface area contributed by atoms with Gasteiger partial charge < -0.3 is 4.74 Å². The van der Waals surface area contributed by atoms with Gasteiger partial charge in [-0.15, -0.1) is 11.8 Å². The number of ether oxygens (including phenoxy) is 1. The van der Waals surface area contributed by atoms with Gasteiger partial charge in [-0.1, -0.05) is 31.2 Å². The van der Waals surface area contributed by atoms with Crippen LogP contribution in [0.4, 0.5) is 0 Å². The van der Waals surface area contributed by atoms with Gasteiger partial charge in [-0.25, -0.2) is 0 Å². The molecule has 0 aliphatic carbocycles. The van der Waals surface area contributed by atoms with Gasteiger partial charge in [0.15, 0.2) is 5.78 Å². The van der Waals surface area contributed by atoms with Crippen LogP contribution in [-0.2, 0) is 11.2 Å². The summed E-state index contributed by atoms with van der Waals surface area (Å²) in [5.74, 6) is 0.226. The minimum atomic E-state index is 0.0244. The molecule has 92 valence electrons. The molecule has 1 fully saturated rings. The molecular formula is C14H18O2S. The first-order valence-electron chi connectivity index (χ1n) is 6.07. The minimum Gasteiger partial charge on any atom is -0.379 e. The van der Waals surface area contributed by atoms with E-state index in [-0.39, 0.29) is 11.0 Å². The number of carbonyl (C=O) groups is 1. The highest BCUT2D eigenvalue weighted by atomic mass is 32.2. The fourth-order valence-corrected chi connectivity index (χ4v) is 2.97. The predicted octanol–water partition coefficient (Wildman–Crippen LogP) is 2.95. The Bertz CT molecular complexity index is 382. The first-order chi connectivity index (χ1) is 8.20. The Kier molecular flexibility index (Phi) is 4.24. The van der Waals surface area contributed by atoms with Crippen molar-refractivity contribution >= 4 is 17.5 Å². The number of ketones is 1. The molecule has 0 radical (unpaired) electrons. The van der Waals surface area contributed by atoms with E-state index in [1.54, 1.807) is 11.8 Å². The molecule has 2 rings (SSSR count). The summed E-state index contributed by atoms with van der Waals surface area (Å²) in [6.45, 7) is 5.68. The Morgan fingerprint density at radius 3 is 2.53 bits per heavy atom. The topological polar surface area (TPSA) is 26.3 Å². The maximum absolute atomic E-state index is 12.2. The van der Waals surface area contributed by atoms with E-state index in [9.17, 15) is 4.79 Å². The van der Waals surface area contributed by atoms with Crippen LogP contribution in [0.3, 0.4) is 0 Å². The Labute approximate surface area is 107 Å². The zero-order chi connectivity index (χ0) is 12.3. The summed E-state index contributed by atoms with van der Waals surface area (Å²) in [7, 11) is 0. The summed E-state index contributed by atoms with van der Waals surface area (Å²) in [6, 6.07) is 7.96. The molecule has 0 N–H and O–H groups in total. The van der Waals surface area contributed by atoms with E-state index in [0.29, 0.717) is 5.25 Å². The van der Waals surface area contributed by atoms with Crippen molar-refractivity contribution in [1.29, 1.82) is 0 Å². The van der Waals surface area contributed by atoms with Crippen LogP contribution in [-0.4, -0.2) is 29.5 Å². The van der Waals surface area contributed by atoms with Gasteiger partial charge >= 0.3 is 0 Å². The number of aryl methyl sites for hydroxylation is 1. The second-order valence-corrected chi connectivity index (χ2v) is 6.00. The van der Waals surface area contributed by atoms with Crippen LogP contribution in [0.25, 0.3) is 0 Å². The lowest BCUT2D eigenvalue weighted by Crippen LogP contribution is -2.33. The van der Waals surface area contributed by atoms with Crippen LogP contribution < -0.4 is 0 Å². The molecule has 17 heavy (non-hydrogen) atoms. The zero-order valence-electron chi connectivity index (χ0n) is 10.3. The smallest absolute Gasteiger partial charge is 0.175 e. The monoisotopic (exact) mass is 250 g/mol. The molecule has 1 unspecified atom stereocenters. The van der Waals surface area contributed by atoms with E-state index in [4.69, 9.17) is 4.74 Å². The second kappa shape index (κ2) is 5.69. The van der Waals surface area contributed by atoms with Gasteiger partial charge in [0.25, 0.3) is 0 Å². The van der Waals surface area contributed by atoms with Crippen molar-refractivity contribution in [2.45, 2.75) is 30.8 Å². The molecule has 1 saturated heterocycles. The maximum Gasteiger partial charge on any atom is 0.175 e. The van der Waals surface area contributed by atoms with Crippen molar-refractivity contribution in [2.75, 3.05) is 13.2 Å². The van der Waals surface area contributed by atoms with Crippen LogP contribution in [0.2, 0.25) is 0 Å². The van der Waals surface area contributed by atoms with Crippen molar-refractivity contribution in [3.63, 3.8) is 0 Å². The van der Waals surface area contributed by atoms with Gasteiger partial charge in [0.05, 0.1) is 23.7 Å². The van der Waals surface area contributed by atoms with Gasteiger partial charge in [-0.2, -0.15) is 0 Å². The highest BCUT2D eigenvalue weighted by Crippen LogP contribution is 2.26. The van der Waals surface area contributed by atoms with Gasteiger partial charge in [-0.05, 0) is 18.9 Å². The first kappa shape index (κ1) is 12.7. The molecule has 1 atom stereocenters. The highest BCUT2D eigenvalue weighted by molar-refractivity contribution is 8.01. The van der Waals surface area contributed by atoms with Gasteiger partial charge in [-0.3, -0.25) is 4.79 Å². The molecule has 1 aliphatic heterocycles. The normalized spacial score (nSPS) is 17.5. The van der Waals surface area contributed by atoms with Crippen molar-refractivity contribution in [2.24, 2.45) is 0 Å². The summed E-state index contributed by atoms with van der Waals surface area (Å²) >= 11 is 1.72. The minimum absolute atomic E-state index is 0.0244. The Morgan fingerprint density at radius 1 is 1.41 bits per heavy atom. The first-order valence-corrected chi connectivity index (χ1v) is 7.01. The van der Waals surface area contributed by atoms with E-state index < -0.39 is 0 Å². The van der Waals surface area contributed by atoms with Gasteiger partial charge in [0.1, 0.15) is 0 Å². The molecule has 0 amide bonds. The third-order valence-corrected chi connectivity index (χ3v) is 4.30. The maximum atomic E-state index is 12.2. The number of thioether (sulfide) groups is 1. The standard InChI is InChI=1S/C14H18O2S/c1-3-11-4-6-12(7-5-11)14(15)10(2)17-13-8-16-9-13/h4-7,10,13H,3,8-9H2,1-2H3. The van der Waals surface area contributed by atoms with E-state index in [1.165, 1.54) is 5.56 Å². The SMILES string of the molecule is CCc1ccc(C(=O)C(C)SC2COC2)cc1. The molecule has 1 heterocycles. The third-order valence-electron chi connectivity index (χ3n) is 3.02. The number of benzene rings is 1. The zero-order valence-corrected chi connectivity index (χ0v) is 11.1. The number of hydrogen-bond donors (Lipinski definition) is 0. The molecule has 1 aromatic rings. The van der Waals surface area contributed by atoms with E-state index in [0.717, 1.165) is 25.2 Å². The van der Waals surface area contributed by atoms with Crippen molar-refractivity contribution in [3.8, 4) is 0 Å². The molecular weight excluding hydrogens is 232 g/mol. The molecule has 0 spiro atoms. The van der Waals surface area contributed by atoms with Crippen molar-refractivity contribution < 1.29 is 9.53 Å². The molecule has 1 aliphatic rings. The summed E-state index contributed by atoms with van der Waals surface area (Å²) in [5, 5.41) is 0.528. The fourth-order valence-electron chi connectivity index (χ4n) is 1.78. The highest BCUT2D eigenvalue weighted by Gasteiger charge is 2.25. The second-order valence-electron chi connectivity index (χ2n) is 4.35. The summed E-state index contributed by atoms with van der Waals surface area (Å²) < 4.78 is 5.12. The lowest BCUT2D eigenvalue weighted by atomic mass is 10.1. The Balaban J connectivity index is 1.96. The fraction of sp³-hybridized carbons (Fsp3) is 0.500. The van der Waals surface area contributed by atoms with Crippen molar-refractivity contribution in [3.05, 3.63) is 35.4 Å².